The predicted octanol–water partition coefficient (Wildman–Crippen LogP) is 2.19. The van der Waals surface area contributed by atoms with E-state index in [-0.39, 0.29) is 11.9 Å². The average molecular weight is 267 g/mol. The molecule has 18 heavy (non-hydrogen) atoms. The molecule has 0 radical (unpaired) electrons. The van der Waals surface area contributed by atoms with E-state index < -0.39 is 0 Å². The number of carbonyl (C=O) groups is 1. The Labute approximate surface area is 113 Å². The number of benzene rings is 1. The lowest BCUT2D eigenvalue weighted by Gasteiger charge is -2.27. The fraction of sp³-hybridized carbons (Fsp3) is 0.462. The highest BCUT2D eigenvalue weighted by Crippen LogP contribution is 2.18. The number of anilines is 1. The average Bonchev–Trinajstić information content (AvgIpc) is 2.43. The molecule has 3 N–H and O–H groups in total. The van der Waals surface area contributed by atoms with Crippen LogP contribution in [0.25, 0.3) is 0 Å². The maximum Gasteiger partial charge on any atom is 0.256 e. The highest BCUT2D eigenvalue weighted by atomic mass is 32.2. The largest absolute Gasteiger partial charge is 0.338 e. The standard InChI is InChI=1S/C13H21N3OS/c1-4-10(9-18-3)16(2)13(17)11-7-5-6-8-12(11)15-14/h5-8,10,15H,4,9,14H2,1-3H3. The summed E-state index contributed by atoms with van der Waals surface area (Å²) in [6.45, 7) is 2.09. The maximum atomic E-state index is 12.4. The van der Waals surface area contributed by atoms with Crippen LogP contribution in [0.3, 0.4) is 0 Å². The third kappa shape index (κ3) is 3.40. The smallest absolute Gasteiger partial charge is 0.256 e. The zero-order valence-electron chi connectivity index (χ0n) is 11.1. The van der Waals surface area contributed by atoms with E-state index in [1.807, 2.05) is 19.2 Å². The van der Waals surface area contributed by atoms with Crippen LogP contribution < -0.4 is 11.3 Å². The Hall–Kier alpha value is -1.20. The molecule has 100 valence electrons. The molecule has 0 spiro atoms. The zero-order valence-corrected chi connectivity index (χ0v) is 12.0. The van der Waals surface area contributed by atoms with E-state index in [1.54, 1.807) is 28.8 Å². The SMILES string of the molecule is CCC(CSC)N(C)C(=O)c1ccccc1NN. The van der Waals surface area contributed by atoms with E-state index in [1.165, 1.54) is 0 Å². The van der Waals surface area contributed by atoms with Crippen molar-refractivity contribution in [1.29, 1.82) is 0 Å². The van der Waals surface area contributed by atoms with Gasteiger partial charge in [0.15, 0.2) is 0 Å². The first-order chi connectivity index (χ1) is 8.65. The Morgan fingerprint density at radius 3 is 2.72 bits per heavy atom. The first-order valence-corrected chi connectivity index (χ1v) is 7.36. The number of thioether (sulfide) groups is 1. The highest BCUT2D eigenvalue weighted by molar-refractivity contribution is 7.98. The number of nitrogens with zero attached hydrogens (tertiary/aromatic N) is 1. The Morgan fingerprint density at radius 1 is 1.50 bits per heavy atom. The van der Waals surface area contributed by atoms with E-state index in [2.05, 4.69) is 18.6 Å². The van der Waals surface area contributed by atoms with Gasteiger partial charge in [0, 0.05) is 18.8 Å². The number of nitrogens with one attached hydrogen (secondary N) is 1. The molecule has 1 aromatic carbocycles. The van der Waals surface area contributed by atoms with Crippen LogP contribution in [-0.2, 0) is 0 Å². The third-order valence-electron chi connectivity index (χ3n) is 3.01. The molecule has 0 saturated heterocycles. The molecule has 0 aliphatic rings. The van der Waals surface area contributed by atoms with Crippen LogP contribution in [0.1, 0.15) is 23.7 Å². The van der Waals surface area contributed by atoms with Crippen LogP contribution in [0.4, 0.5) is 5.69 Å². The van der Waals surface area contributed by atoms with Crippen LogP contribution in [-0.4, -0.2) is 35.9 Å². The molecule has 0 heterocycles. The number of para-hydroxylation sites is 1. The van der Waals surface area contributed by atoms with Crippen molar-refractivity contribution in [2.75, 3.05) is 24.5 Å². The number of hydrazine groups is 1. The van der Waals surface area contributed by atoms with Gasteiger partial charge < -0.3 is 10.3 Å². The summed E-state index contributed by atoms with van der Waals surface area (Å²) in [5.41, 5.74) is 3.84. The van der Waals surface area contributed by atoms with Gasteiger partial charge in [-0.3, -0.25) is 10.6 Å². The summed E-state index contributed by atoms with van der Waals surface area (Å²) < 4.78 is 0. The molecule has 4 nitrogen and oxygen atoms in total. The van der Waals surface area contributed by atoms with Crippen LogP contribution in [0.5, 0.6) is 0 Å². The van der Waals surface area contributed by atoms with Crippen molar-refractivity contribution in [3.63, 3.8) is 0 Å². The van der Waals surface area contributed by atoms with E-state index >= 15 is 0 Å². The molecule has 1 rings (SSSR count). The van der Waals surface area contributed by atoms with Crippen molar-refractivity contribution in [3.8, 4) is 0 Å². The van der Waals surface area contributed by atoms with Crippen LogP contribution >= 0.6 is 11.8 Å². The fourth-order valence-corrected chi connectivity index (χ4v) is 2.69. The van der Waals surface area contributed by atoms with Crippen LogP contribution in [0.2, 0.25) is 0 Å². The van der Waals surface area contributed by atoms with Crippen molar-refractivity contribution < 1.29 is 4.79 Å². The molecular formula is C13H21N3OS. The topological polar surface area (TPSA) is 58.4 Å². The molecule has 1 amide bonds. The van der Waals surface area contributed by atoms with E-state index in [4.69, 9.17) is 5.84 Å². The molecule has 0 fully saturated rings. The summed E-state index contributed by atoms with van der Waals surface area (Å²) in [5, 5.41) is 0. The van der Waals surface area contributed by atoms with Crippen molar-refractivity contribution in [1.82, 2.24) is 4.90 Å². The van der Waals surface area contributed by atoms with Gasteiger partial charge >= 0.3 is 0 Å². The van der Waals surface area contributed by atoms with Crippen molar-refractivity contribution >= 4 is 23.4 Å². The number of amides is 1. The van der Waals surface area contributed by atoms with Crippen LogP contribution in [0, 0.1) is 0 Å². The molecule has 1 aromatic rings. The van der Waals surface area contributed by atoms with Gasteiger partial charge in [-0.2, -0.15) is 11.8 Å². The van der Waals surface area contributed by atoms with E-state index in [0.29, 0.717) is 11.3 Å². The monoisotopic (exact) mass is 267 g/mol. The minimum absolute atomic E-state index is 0.00412. The Bertz CT molecular complexity index is 398. The number of carbonyl (C=O) groups excluding carboxylic acids is 1. The second kappa shape index (κ2) is 7.28. The molecule has 0 aromatic heterocycles. The zero-order chi connectivity index (χ0) is 13.5. The normalized spacial score (nSPS) is 12.0. The molecule has 5 heteroatoms. The van der Waals surface area contributed by atoms with Gasteiger partial charge in [-0.25, -0.2) is 0 Å². The Kier molecular flexibility index (Phi) is 6.01. The molecule has 0 bridgehead atoms. The minimum Gasteiger partial charge on any atom is -0.338 e. The predicted molar refractivity (Wildman–Crippen MR) is 78.8 cm³/mol. The van der Waals surface area contributed by atoms with E-state index in [9.17, 15) is 4.79 Å². The quantitative estimate of drug-likeness (QED) is 0.613. The van der Waals surface area contributed by atoms with Crippen molar-refractivity contribution in [2.45, 2.75) is 19.4 Å². The Morgan fingerprint density at radius 2 is 2.17 bits per heavy atom. The van der Waals surface area contributed by atoms with Gasteiger partial charge in [-0.15, -0.1) is 0 Å². The highest BCUT2D eigenvalue weighted by Gasteiger charge is 2.21. The summed E-state index contributed by atoms with van der Waals surface area (Å²) in [4.78, 5) is 14.2. The summed E-state index contributed by atoms with van der Waals surface area (Å²) in [5.74, 6) is 6.38. The summed E-state index contributed by atoms with van der Waals surface area (Å²) in [6.07, 6.45) is 3.00. The van der Waals surface area contributed by atoms with Gasteiger partial charge in [0.2, 0.25) is 0 Å². The number of hydrogen-bond acceptors (Lipinski definition) is 4. The summed E-state index contributed by atoms with van der Waals surface area (Å²) in [6, 6.07) is 7.54. The van der Waals surface area contributed by atoms with Gasteiger partial charge in [-0.05, 0) is 24.8 Å². The number of rotatable bonds is 6. The van der Waals surface area contributed by atoms with Gasteiger partial charge in [0.05, 0.1) is 11.3 Å². The van der Waals surface area contributed by atoms with E-state index in [0.717, 1.165) is 12.2 Å². The second-order valence-electron chi connectivity index (χ2n) is 4.12. The first-order valence-electron chi connectivity index (χ1n) is 5.97. The molecule has 1 unspecified atom stereocenters. The number of nitrogen functional groups attached to an aromatic ring is 1. The molecule has 0 aliphatic heterocycles. The Balaban J connectivity index is 2.91. The van der Waals surface area contributed by atoms with Crippen molar-refractivity contribution in [3.05, 3.63) is 29.8 Å². The minimum atomic E-state index is 0.00412. The van der Waals surface area contributed by atoms with Crippen LogP contribution in [0.15, 0.2) is 24.3 Å². The molecule has 0 saturated carbocycles. The van der Waals surface area contributed by atoms with Gasteiger partial charge in [-0.1, -0.05) is 19.1 Å². The lowest BCUT2D eigenvalue weighted by molar-refractivity contribution is 0.0744. The number of hydrogen-bond donors (Lipinski definition) is 2. The second-order valence-corrected chi connectivity index (χ2v) is 5.03. The first kappa shape index (κ1) is 14.9. The molecular weight excluding hydrogens is 246 g/mol. The lowest BCUT2D eigenvalue weighted by Crippen LogP contribution is -2.38. The van der Waals surface area contributed by atoms with Gasteiger partial charge in [0.1, 0.15) is 0 Å². The lowest BCUT2D eigenvalue weighted by atomic mass is 10.1. The number of nitrogens with two attached hydrogens (primary N) is 1. The maximum absolute atomic E-state index is 12.4. The summed E-state index contributed by atoms with van der Waals surface area (Å²) in [7, 11) is 1.85. The summed E-state index contributed by atoms with van der Waals surface area (Å²) >= 11 is 1.75. The molecule has 0 aliphatic carbocycles. The fourth-order valence-electron chi connectivity index (χ4n) is 1.85. The third-order valence-corrected chi connectivity index (χ3v) is 3.73. The van der Waals surface area contributed by atoms with Crippen molar-refractivity contribution in [2.24, 2.45) is 5.84 Å². The van der Waals surface area contributed by atoms with Gasteiger partial charge in [0.25, 0.3) is 5.91 Å². The molecule has 1 atom stereocenters.